The molecule has 0 aromatic heterocycles. The fraction of sp³-hybridized carbons (Fsp3) is 0.708. The number of thioether (sulfide) groups is 1. The number of nitrogens with zero attached hydrogens (tertiary/aromatic N) is 2. The van der Waals surface area contributed by atoms with Crippen LogP contribution in [0.4, 0.5) is 4.79 Å². The van der Waals surface area contributed by atoms with Crippen LogP contribution >= 0.6 is 33.3 Å². The van der Waals surface area contributed by atoms with Crippen LogP contribution in [-0.2, 0) is 121 Å². The summed E-state index contributed by atoms with van der Waals surface area (Å²) in [7, 11) is 4.61. The summed E-state index contributed by atoms with van der Waals surface area (Å²) in [6.07, 6.45) is 8.38. The maximum absolute atomic E-state index is 13.8. The van der Waals surface area contributed by atoms with E-state index < -0.39 is 107 Å². The standard InChI is InChI=1S/C89H142N12O29S3/c1-5-77(109)97-70(87(119)98-71(85(90)117)61-131-75-58-83(115)101(88(75)120)37-32-79(111)94-59-76(95-62-104)99-86(118)63(2)16-8-6-10-19-68(107)56-66-24-27-73(74(57-66)122-4)130-84(116)33-38-100-81(113)29-30-82(100)114)21-11-7-9-18-67(106)26-23-65(60-129-53-52-128-51-50-127-49-48-126-47-46-125-45-44-124-43-42-123-41-40-103)25-28-80(112)96-69(72(108)22-14-39-102)20-12-13-34-91-78(110)31-35-92-89(121)93-36-55-133-132-54-15-17-64(3)105/h24,27,29-30,57,62-63,65,69-71,75-76,102-103H,5-23,25-26,28,31-56,58-61H2,1-4H3,(H2,90,117)(H,91,110)(H,94,111)(H,95,104)(H,96,112)(H,97,109)(H,98,119)(H,99,118)(H2,92,93,121). The number of carbonyl (C=O) groups excluding carboxylic acids is 18. The molecule has 0 radical (unpaired) electrons. The van der Waals surface area contributed by atoms with E-state index in [0.29, 0.717) is 167 Å². The number of nitrogens with two attached hydrogens (primary N) is 1. The Balaban J connectivity index is 1.45. The molecule has 44 heteroatoms. The molecule has 2 aliphatic rings. The molecule has 1 aromatic rings. The Bertz CT molecular complexity index is 3760. The number of hydrogen-bond acceptors (Lipinski definition) is 32. The number of imide groups is 2. The lowest BCUT2D eigenvalue weighted by Crippen LogP contribution is -2.54. The smallest absolute Gasteiger partial charge is 0.314 e. The lowest BCUT2D eigenvalue weighted by molar-refractivity contribution is -0.141. The maximum atomic E-state index is 13.8. The summed E-state index contributed by atoms with van der Waals surface area (Å²) in [6.45, 7) is 9.20. The Morgan fingerprint density at radius 3 is 1.74 bits per heavy atom. The topological polar surface area (TPSA) is 572 Å². The number of unbranched alkanes of at least 4 members (excludes halogenated alkanes) is 5. The maximum Gasteiger partial charge on any atom is 0.314 e. The van der Waals surface area contributed by atoms with Gasteiger partial charge in [0.05, 0.1) is 124 Å². The van der Waals surface area contributed by atoms with Crippen molar-refractivity contribution in [2.45, 2.75) is 224 Å². The Morgan fingerprint density at radius 1 is 0.526 bits per heavy atom. The lowest BCUT2D eigenvalue weighted by Gasteiger charge is -2.22. The zero-order valence-electron chi connectivity index (χ0n) is 77.4. The van der Waals surface area contributed by atoms with Crippen LogP contribution in [0, 0.1) is 11.8 Å². The molecule has 2 aliphatic heterocycles. The average Bonchev–Trinajstić information content (AvgIpc) is 1.70. The highest BCUT2D eigenvalue weighted by Crippen LogP contribution is 2.30. The molecule has 0 bridgehead atoms. The minimum absolute atomic E-state index is 0.00348. The summed E-state index contributed by atoms with van der Waals surface area (Å²) >= 11 is 0.893. The van der Waals surface area contributed by atoms with Crippen LogP contribution in [-0.4, -0.2) is 325 Å². The number of esters is 1. The summed E-state index contributed by atoms with van der Waals surface area (Å²) in [5, 5.41) is 41.3. The number of aliphatic hydroxyl groups excluding tert-OH is 2. The second-order valence-electron chi connectivity index (χ2n) is 31.5. The number of rotatable bonds is 85. The zero-order chi connectivity index (χ0) is 97.6. The van der Waals surface area contributed by atoms with E-state index in [-0.39, 0.29) is 215 Å². The van der Waals surface area contributed by atoms with Gasteiger partial charge in [-0.2, -0.15) is 0 Å². The number of ether oxygens (including phenoxy) is 9. The molecular weight excluding hydrogens is 1800 g/mol. The first-order valence-corrected chi connectivity index (χ1v) is 49.3. The molecule has 1 fully saturated rings. The zero-order valence-corrected chi connectivity index (χ0v) is 79.8. The third kappa shape index (κ3) is 56.8. The predicted octanol–water partition coefficient (Wildman–Crippen LogP) is 2.39. The fourth-order valence-corrected chi connectivity index (χ4v) is 16.3. The third-order valence-corrected chi connectivity index (χ3v) is 24.4. The summed E-state index contributed by atoms with van der Waals surface area (Å²) in [6, 6.07) is 0.955. The number of primary amides is 1. The Kier molecular flexibility index (Phi) is 65.9. The lowest BCUT2D eigenvalue weighted by atomic mass is 9.95. The summed E-state index contributed by atoms with van der Waals surface area (Å²) < 4.78 is 49.6. The van der Waals surface area contributed by atoms with Crippen LogP contribution in [0.3, 0.4) is 0 Å². The molecule has 1 aromatic carbocycles. The second kappa shape index (κ2) is 74.2. The van der Waals surface area contributed by atoms with Gasteiger partial charge in [-0.1, -0.05) is 67.2 Å². The van der Waals surface area contributed by atoms with E-state index in [2.05, 4.69) is 47.9 Å². The molecule has 750 valence electrons. The minimum atomic E-state index is -1.36. The number of hydrogen-bond donors (Lipinski definition) is 12. The number of aliphatic hydroxyl groups is 2. The molecule has 2 heterocycles. The van der Waals surface area contributed by atoms with E-state index in [1.165, 1.54) is 13.2 Å². The van der Waals surface area contributed by atoms with Crippen molar-refractivity contribution in [3.63, 3.8) is 0 Å². The van der Waals surface area contributed by atoms with Crippen LogP contribution in [0.2, 0.25) is 0 Å². The van der Waals surface area contributed by atoms with Gasteiger partial charge in [-0.3, -0.25) is 86.5 Å². The number of ketones is 4. The molecule has 1 saturated heterocycles. The largest absolute Gasteiger partial charge is 0.493 e. The van der Waals surface area contributed by atoms with Crippen molar-refractivity contribution in [1.29, 1.82) is 0 Å². The van der Waals surface area contributed by atoms with E-state index in [1.807, 2.05) is 0 Å². The molecule has 0 saturated carbocycles. The molecule has 13 N–H and O–H groups in total. The highest BCUT2D eigenvalue weighted by atomic mass is 33.1. The van der Waals surface area contributed by atoms with Crippen LogP contribution in [0.1, 0.15) is 193 Å². The van der Waals surface area contributed by atoms with Gasteiger partial charge in [-0.05, 0) is 101 Å². The molecule has 0 spiro atoms. The second-order valence-corrected chi connectivity index (χ2v) is 35.5. The Labute approximate surface area is 790 Å². The van der Waals surface area contributed by atoms with Crippen molar-refractivity contribution in [3.05, 3.63) is 35.9 Å². The molecule has 41 nitrogen and oxygen atoms in total. The highest BCUT2D eigenvalue weighted by Gasteiger charge is 2.40. The third-order valence-electron chi connectivity index (χ3n) is 20.7. The normalized spacial score (nSPS) is 14.3. The molecule has 3 rings (SSSR count). The number of Topliss-reactive ketones (excluding diaryl/α,β-unsaturated/α-hetero) is 4. The summed E-state index contributed by atoms with van der Waals surface area (Å²) in [5.41, 5.74) is 6.36. The van der Waals surface area contributed by atoms with Gasteiger partial charge in [0.15, 0.2) is 17.3 Å². The van der Waals surface area contributed by atoms with Crippen LogP contribution in [0.5, 0.6) is 11.5 Å². The summed E-state index contributed by atoms with van der Waals surface area (Å²) in [5.74, 6) is -6.31. The average molecular weight is 1940 g/mol. The van der Waals surface area contributed by atoms with Crippen molar-refractivity contribution in [2.75, 3.05) is 169 Å². The number of carbonyl (C=O) groups is 18. The van der Waals surface area contributed by atoms with Crippen LogP contribution < -0.4 is 63.1 Å². The molecular formula is C89H142N12O29S3. The first-order valence-electron chi connectivity index (χ1n) is 45.8. The van der Waals surface area contributed by atoms with Gasteiger partial charge in [0.2, 0.25) is 59.6 Å². The predicted molar refractivity (Wildman–Crippen MR) is 494 cm³/mol. The Morgan fingerprint density at radius 2 is 1.11 bits per heavy atom. The first-order chi connectivity index (χ1) is 64.1. The van der Waals surface area contributed by atoms with Gasteiger partial charge in [0.25, 0.3) is 11.8 Å². The first kappa shape index (κ1) is 118. The van der Waals surface area contributed by atoms with Gasteiger partial charge in [-0.15, -0.1) is 11.8 Å². The van der Waals surface area contributed by atoms with Gasteiger partial charge < -0.3 is 111 Å². The van der Waals surface area contributed by atoms with E-state index in [1.54, 1.807) is 54.5 Å². The van der Waals surface area contributed by atoms with Gasteiger partial charge >= 0.3 is 12.0 Å². The monoisotopic (exact) mass is 1940 g/mol. The molecule has 7 atom stereocenters. The molecule has 133 heavy (non-hydrogen) atoms. The van der Waals surface area contributed by atoms with Crippen LogP contribution in [0.25, 0.3) is 0 Å². The number of methoxy groups -OCH3 is 1. The Hall–Kier alpha value is -9.09. The van der Waals surface area contributed by atoms with Crippen molar-refractivity contribution in [1.82, 2.24) is 57.7 Å². The highest BCUT2D eigenvalue weighted by molar-refractivity contribution is 8.76. The summed E-state index contributed by atoms with van der Waals surface area (Å²) in [4.78, 5) is 231. The van der Waals surface area contributed by atoms with Gasteiger partial charge in [0.1, 0.15) is 35.6 Å². The van der Waals surface area contributed by atoms with Crippen molar-refractivity contribution in [2.24, 2.45) is 17.6 Å². The number of amides is 14. The number of likely N-dealkylation sites (tertiary alicyclic amines) is 1. The SMILES string of the molecule is CCC(=O)NC(CCCCCC(=O)CCC(CCC(=O)NC(CCCCNC(=O)CCNC(=O)NCCSSCCCC(C)=O)C(=O)CCCO)COCCOCCOCCOCCOCCOCCOCCO)C(=O)NC(CSC1CC(=O)N(CCC(=O)NCC(NC=O)NC(=O)C(C)CCCCCC(=O)Cc2ccc(OC(=O)CCN3C(=O)C=CC3=O)c(OC)c2)C1=O)C(N)=O. The van der Waals surface area contributed by atoms with Crippen molar-refractivity contribution in [3.8, 4) is 11.5 Å². The van der Waals surface area contributed by atoms with Gasteiger partial charge in [-0.25, -0.2) is 4.79 Å². The fourth-order valence-electron chi connectivity index (χ4n) is 13.1. The molecule has 14 amide bonds. The number of benzene rings is 1. The van der Waals surface area contributed by atoms with E-state index in [9.17, 15) is 91.4 Å². The van der Waals surface area contributed by atoms with E-state index in [0.717, 1.165) is 45.9 Å². The number of nitrogens with one attached hydrogen (secondary N) is 9. The molecule has 7 unspecified atom stereocenters. The van der Waals surface area contributed by atoms with Crippen LogP contribution in [0.15, 0.2) is 30.4 Å². The quantitative estimate of drug-likeness (QED) is 0.00847. The number of urea groups is 1. The van der Waals surface area contributed by atoms with E-state index in [4.69, 9.17) is 53.5 Å². The minimum Gasteiger partial charge on any atom is -0.493 e. The van der Waals surface area contributed by atoms with E-state index >= 15 is 0 Å². The molecule has 0 aliphatic carbocycles. The van der Waals surface area contributed by atoms with Gasteiger partial charge in [0, 0.05) is 152 Å². The van der Waals surface area contributed by atoms with Crippen molar-refractivity contribution >= 4 is 140 Å². The van der Waals surface area contributed by atoms with Crippen molar-refractivity contribution < 1.29 is 139 Å².